The molecule has 0 saturated carbocycles. The van der Waals surface area contributed by atoms with Crippen molar-refractivity contribution in [2.75, 3.05) is 0 Å². The number of hydrogen-bond donors (Lipinski definition) is 1. The molecule has 1 unspecified atom stereocenters. The molecule has 0 spiro atoms. The highest BCUT2D eigenvalue weighted by Gasteiger charge is 2.14. The van der Waals surface area contributed by atoms with E-state index in [0.29, 0.717) is 6.42 Å². The predicted molar refractivity (Wildman–Crippen MR) is 218 cm³/mol. The van der Waals surface area contributed by atoms with Gasteiger partial charge in [0.1, 0.15) is 6.10 Å². The third-order valence-corrected chi connectivity index (χ3v) is 10.1. The van der Waals surface area contributed by atoms with E-state index in [1.54, 1.807) is 0 Å². The molecule has 50 heavy (non-hydrogen) atoms. The molecule has 0 aromatic heterocycles. The van der Waals surface area contributed by atoms with Crippen molar-refractivity contribution in [1.29, 1.82) is 0 Å². The summed E-state index contributed by atoms with van der Waals surface area (Å²) in [4.78, 5) is 23.5. The molecule has 0 aromatic carbocycles. The summed E-state index contributed by atoms with van der Waals surface area (Å²) in [5, 5.41) is 8.84. The van der Waals surface area contributed by atoms with Crippen LogP contribution in [0.15, 0.2) is 24.3 Å². The minimum Gasteiger partial charge on any atom is -0.481 e. The van der Waals surface area contributed by atoms with Crippen LogP contribution in [0.2, 0.25) is 0 Å². The Hall–Kier alpha value is -1.58. The van der Waals surface area contributed by atoms with E-state index in [1.165, 1.54) is 154 Å². The Labute approximate surface area is 312 Å². The summed E-state index contributed by atoms with van der Waals surface area (Å²) in [5.41, 5.74) is 0. The monoisotopic (exact) mass is 703 g/mol. The highest BCUT2D eigenvalue weighted by molar-refractivity contribution is 5.69. The number of rotatable bonds is 41. The molecule has 0 amide bonds. The zero-order chi connectivity index (χ0) is 36.4. The summed E-state index contributed by atoms with van der Waals surface area (Å²) in [5.74, 6) is -0.707. The van der Waals surface area contributed by atoms with Crippen LogP contribution in [0.1, 0.15) is 251 Å². The highest BCUT2D eigenvalue weighted by Crippen LogP contribution is 2.19. The lowest BCUT2D eigenvalue weighted by atomic mass is 10.0. The maximum Gasteiger partial charge on any atom is 0.306 e. The predicted octanol–water partition coefficient (Wildman–Crippen LogP) is 15.6. The molecule has 0 aromatic rings. The number of ether oxygens (including phenoxy) is 1. The normalized spacial score (nSPS) is 12.4. The van der Waals surface area contributed by atoms with Gasteiger partial charge in [-0.15, -0.1) is 0 Å². The van der Waals surface area contributed by atoms with Crippen molar-refractivity contribution in [2.24, 2.45) is 0 Å². The molecule has 4 heteroatoms. The van der Waals surface area contributed by atoms with Gasteiger partial charge in [-0.3, -0.25) is 9.59 Å². The molecule has 4 nitrogen and oxygen atoms in total. The summed E-state index contributed by atoms with van der Waals surface area (Å²) >= 11 is 0. The van der Waals surface area contributed by atoms with Gasteiger partial charge in [0, 0.05) is 12.8 Å². The minimum atomic E-state index is -0.701. The summed E-state index contributed by atoms with van der Waals surface area (Å²) in [6, 6.07) is 0. The number of hydrogen-bond acceptors (Lipinski definition) is 3. The molecule has 0 bridgehead atoms. The Kier molecular flexibility index (Phi) is 40.5. The van der Waals surface area contributed by atoms with Gasteiger partial charge >= 0.3 is 11.9 Å². The van der Waals surface area contributed by atoms with Crippen molar-refractivity contribution < 1.29 is 19.4 Å². The third-order valence-electron chi connectivity index (χ3n) is 10.1. The third kappa shape index (κ3) is 40.8. The number of carbonyl (C=O) groups is 2. The lowest BCUT2D eigenvalue weighted by molar-refractivity contribution is -0.150. The van der Waals surface area contributed by atoms with Crippen molar-refractivity contribution in [3.8, 4) is 0 Å². The Bertz CT molecular complexity index is 757. The van der Waals surface area contributed by atoms with Gasteiger partial charge in [-0.25, -0.2) is 0 Å². The van der Waals surface area contributed by atoms with E-state index < -0.39 is 5.97 Å². The van der Waals surface area contributed by atoms with E-state index in [2.05, 4.69) is 38.2 Å². The fraction of sp³-hybridized carbons (Fsp3) is 0.870. The van der Waals surface area contributed by atoms with E-state index in [-0.39, 0.29) is 18.5 Å². The van der Waals surface area contributed by atoms with Crippen LogP contribution in [0.25, 0.3) is 0 Å². The minimum absolute atomic E-state index is 0.00639. The van der Waals surface area contributed by atoms with Crippen LogP contribution in [0.5, 0.6) is 0 Å². The molecule has 0 aliphatic heterocycles. The average Bonchev–Trinajstić information content (AvgIpc) is 3.10. The van der Waals surface area contributed by atoms with Crippen LogP contribution in [0, 0.1) is 0 Å². The van der Waals surface area contributed by atoms with Crippen molar-refractivity contribution in [2.45, 2.75) is 258 Å². The number of carboxylic acids is 1. The van der Waals surface area contributed by atoms with Crippen LogP contribution in [0.3, 0.4) is 0 Å². The van der Waals surface area contributed by atoms with Gasteiger partial charge in [0.2, 0.25) is 0 Å². The summed E-state index contributed by atoms with van der Waals surface area (Å²) < 4.78 is 6.02. The smallest absolute Gasteiger partial charge is 0.306 e. The Morgan fingerprint density at radius 2 is 0.720 bits per heavy atom. The van der Waals surface area contributed by atoms with Crippen LogP contribution in [-0.2, 0) is 14.3 Å². The van der Waals surface area contributed by atoms with Crippen LogP contribution in [0.4, 0.5) is 0 Å². The largest absolute Gasteiger partial charge is 0.481 e. The summed E-state index contributed by atoms with van der Waals surface area (Å²) in [6.45, 7) is 4.56. The second-order valence-electron chi connectivity index (χ2n) is 15.2. The first-order valence-corrected chi connectivity index (χ1v) is 22.3. The molecular weight excluding hydrogens is 617 g/mol. The van der Waals surface area contributed by atoms with Gasteiger partial charge in [-0.05, 0) is 89.9 Å². The fourth-order valence-corrected chi connectivity index (χ4v) is 6.82. The molecule has 0 saturated heterocycles. The number of carbonyl (C=O) groups excluding carboxylic acids is 1. The van der Waals surface area contributed by atoms with Gasteiger partial charge < -0.3 is 9.84 Å². The van der Waals surface area contributed by atoms with E-state index in [9.17, 15) is 9.59 Å². The van der Waals surface area contributed by atoms with E-state index >= 15 is 0 Å². The number of esters is 1. The molecule has 294 valence electrons. The van der Waals surface area contributed by atoms with E-state index in [4.69, 9.17) is 9.84 Å². The SMILES string of the molecule is CCCCCCCC/C=C\CCCCCCCCCC(=O)OC(CCCCC/C=C\CCCCCCCCCC)CCCCCCCC(=O)O. The van der Waals surface area contributed by atoms with Crippen molar-refractivity contribution >= 4 is 11.9 Å². The molecule has 0 aliphatic rings. The fourth-order valence-electron chi connectivity index (χ4n) is 6.82. The van der Waals surface area contributed by atoms with Gasteiger partial charge in [0.15, 0.2) is 0 Å². The Balaban J connectivity index is 4.02. The summed E-state index contributed by atoms with van der Waals surface area (Å²) in [6.07, 6.45) is 53.5. The quantitative estimate of drug-likeness (QED) is 0.0391. The van der Waals surface area contributed by atoms with Crippen LogP contribution < -0.4 is 0 Å². The molecule has 1 atom stereocenters. The standard InChI is InChI=1S/C46H86O4/c1-3-5-7-9-11-13-15-17-19-20-22-24-26-28-30-35-39-43-46(49)50-44(41-37-33-31-34-38-42-45(47)48)40-36-32-29-27-25-23-21-18-16-14-12-10-8-6-4-2/h17,19,23,25,44H,3-16,18,20-22,24,26-43H2,1-2H3,(H,47,48)/b19-17-,25-23-. The topological polar surface area (TPSA) is 63.6 Å². The second-order valence-corrected chi connectivity index (χ2v) is 15.2. The maximum atomic E-state index is 12.7. The van der Waals surface area contributed by atoms with Gasteiger partial charge in [-0.2, -0.15) is 0 Å². The van der Waals surface area contributed by atoms with E-state index in [0.717, 1.165) is 70.6 Å². The van der Waals surface area contributed by atoms with Gasteiger partial charge in [0.25, 0.3) is 0 Å². The highest BCUT2D eigenvalue weighted by atomic mass is 16.5. The van der Waals surface area contributed by atoms with Crippen molar-refractivity contribution in [3.05, 3.63) is 24.3 Å². The lowest BCUT2D eigenvalue weighted by Crippen LogP contribution is -2.18. The number of unbranched alkanes of at least 4 members (excludes halogenated alkanes) is 28. The van der Waals surface area contributed by atoms with Gasteiger partial charge in [-0.1, -0.05) is 173 Å². The van der Waals surface area contributed by atoms with Crippen LogP contribution >= 0.6 is 0 Å². The molecule has 0 fully saturated rings. The van der Waals surface area contributed by atoms with E-state index in [1.807, 2.05) is 0 Å². The van der Waals surface area contributed by atoms with Crippen LogP contribution in [-0.4, -0.2) is 23.1 Å². The van der Waals surface area contributed by atoms with Gasteiger partial charge in [0.05, 0.1) is 0 Å². The number of aliphatic carboxylic acids is 1. The zero-order valence-corrected chi connectivity index (χ0v) is 33.7. The number of carboxylic acid groups (broad SMARTS) is 1. The lowest BCUT2D eigenvalue weighted by Gasteiger charge is -2.18. The Morgan fingerprint density at radius 1 is 0.420 bits per heavy atom. The molecule has 0 aliphatic carbocycles. The second kappa shape index (κ2) is 41.8. The molecule has 0 heterocycles. The average molecular weight is 703 g/mol. The molecule has 1 N–H and O–H groups in total. The first kappa shape index (κ1) is 48.4. The first-order valence-electron chi connectivity index (χ1n) is 22.3. The maximum absolute atomic E-state index is 12.7. The first-order chi connectivity index (χ1) is 24.6. The molecule has 0 radical (unpaired) electrons. The molecular formula is C46H86O4. The zero-order valence-electron chi connectivity index (χ0n) is 33.7. The van der Waals surface area contributed by atoms with Crippen molar-refractivity contribution in [1.82, 2.24) is 0 Å². The number of allylic oxidation sites excluding steroid dienone is 4. The summed E-state index contributed by atoms with van der Waals surface area (Å²) in [7, 11) is 0. The molecule has 0 rings (SSSR count). The van der Waals surface area contributed by atoms with Crippen molar-refractivity contribution in [3.63, 3.8) is 0 Å². The Morgan fingerprint density at radius 3 is 1.10 bits per heavy atom.